The molecule has 20 heavy (non-hydrogen) atoms. The first-order valence-electron chi connectivity index (χ1n) is 6.77. The summed E-state index contributed by atoms with van der Waals surface area (Å²) in [5.41, 5.74) is 6.86. The molecule has 0 saturated carbocycles. The summed E-state index contributed by atoms with van der Waals surface area (Å²) in [7, 11) is 0. The van der Waals surface area contributed by atoms with Crippen molar-refractivity contribution in [2.45, 2.75) is 26.3 Å². The number of rotatable bonds is 6. The molecule has 0 aliphatic rings. The number of ether oxygens (including phenoxy) is 2. The van der Waals surface area contributed by atoms with Crippen LogP contribution in [0.15, 0.2) is 42.7 Å². The second-order valence-electron chi connectivity index (χ2n) is 4.72. The molecule has 1 atom stereocenters. The normalized spacial score (nSPS) is 11.9. The minimum atomic E-state index is 0.109. The van der Waals surface area contributed by atoms with Crippen LogP contribution in [0, 0.1) is 0 Å². The van der Waals surface area contributed by atoms with Gasteiger partial charge in [0.25, 0.3) is 0 Å². The molecule has 4 nitrogen and oxygen atoms in total. The Balaban J connectivity index is 2.05. The van der Waals surface area contributed by atoms with E-state index in [-0.39, 0.29) is 6.04 Å². The van der Waals surface area contributed by atoms with Gasteiger partial charge in [-0.25, -0.2) is 0 Å². The lowest BCUT2D eigenvalue weighted by Gasteiger charge is -2.09. The van der Waals surface area contributed by atoms with Crippen molar-refractivity contribution in [3.05, 3.63) is 48.3 Å². The lowest BCUT2D eigenvalue weighted by Crippen LogP contribution is -2.17. The van der Waals surface area contributed by atoms with Gasteiger partial charge in [0, 0.05) is 12.2 Å². The van der Waals surface area contributed by atoms with E-state index < -0.39 is 0 Å². The molecule has 2 rings (SSSR count). The van der Waals surface area contributed by atoms with E-state index >= 15 is 0 Å². The summed E-state index contributed by atoms with van der Waals surface area (Å²) in [5, 5.41) is 0. The lowest BCUT2D eigenvalue weighted by molar-refractivity contribution is 0.339. The summed E-state index contributed by atoms with van der Waals surface area (Å²) in [6.45, 7) is 4.59. The summed E-state index contributed by atoms with van der Waals surface area (Å²) >= 11 is 0. The maximum Gasteiger partial charge on any atom is 0.145 e. The second kappa shape index (κ2) is 6.91. The van der Waals surface area contributed by atoms with Crippen molar-refractivity contribution >= 4 is 0 Å². The Kier molecular flexibility index (Phi) is 4.96. The predicted molar refractivity (Wildman–Crippen MR) is 79.3 cm³/mol. The highest BCUT2D eigenvalue weighted by atomic mass is 16.5. The van der Waals surface area contributed by atoms with E-state index in [0.29, 0.717) is 12.4 Å². The molecular weight excluding hydrogens is 252 g/mol. The van der Waals surface area contributed by atoms with Crippen molar-refractivity contribution in [3.8, 4) is 17.2 Å². The van der Waals surface area contributed by atoms with Gasteiger partial charge in [0.2, 0.25) is 0 Å². The molecule has 0 bridgehead atoms. The Bertz CT molecular complexity index is 538. The molecule has 0 amide bonds. The predicted octanol–water partition coefficient (Wildman–Crippen LogP) is 3.16. The monoisotopic (exact) mass is 272 g/mol. The van der Waals surface area contributed by atoms with Gasteiger partial charge >= 0.3 is 0 Å². The molecule has 4 heteroatoms. The van der Waals surface area contributed by atoms with Crippen molar-refractivity contribution < 1.29 is 9.47 Å². The summed E-state index contributed by atoms with van der Waals surface area (Å²) in [5.74, 6) is 2.31. The molecule has 0 saturated heterocycles. The SMILES string of the molecule is CCOc1ccc(Oc2cncc(CC(C)N)c2)cc1. The number of aromatic nitrogens is 1. The van der Waals surface area contributed by atoms with E-state index in [1.165, 1.54) is 0 Å². The minimum Gasteiger partial charge on any atom is -0.494 e. The zero-order valence-corrected chi connectivity index (χ0v) is 11.9. The van der Waals surface area contributed by atoms with Crippen molar-refractivity contribution in [2.75, 3.05) is 6.61 Å². The van der Waals surface area contributed by atoms with Crippen LogP contribution in [0.1, 0.15) is 19.4 Å². The topological polar surface area (TPSA) is 57.4 Å². The van der Waals surface area contributed by atoms with Crippen LogP contribution in [0.3, 0.4) is 0 Å². The van der Waals surface area contributed by atoms with Gasteiger partial charge in [0.1, 0.15) is 17.2 Å². The molecule has 0 aliphatic carbocycles. The molecule has 0 aliphatic heterocycles. The van der Waals surface area contributed by atoms with Crippen molar-refractivity contribution in [1.29, 1.82) is 0 Å². The fourth-order valence-corrected chi connectivity index (χ4v) is 1.91. The molecular formula is C16H20N2O2. The zero-order valence-electron chi connectivity index (χ0n) is 11.9. The quantitative estimate of drug-likeness (QED) is 0.877. The third-order valence-electron chi connectivity index (χ3n) is 2.70. The highest BCUT2D eigenvalue weighted by Gasteiger charge is 2.03. The van der Waals surface area contributed by atoms with Crippen molar-refractivity contribution in [2.24, 2.45) is 5.73 Å². The summed E-state index contributed by atoms with van der Waals surface area (Å²) in [4.78, 5) is 4.18. The average Bonchev–Trinajstić information content (AvgIpc) is 2.41. The number of pyridine rings is 1. The Labute approximate surface area is 119 Å². The molecule has 2 aromatic rings. The van der Waals surface area contributed by atoms with E-state index in [0.717, 1.165) is 23.5 Å². The molecule has 1 heterocycles. The van der Waals surface area contributed by atoms with E-state index in [4.69, 9.17) is 15.2 Å². The molecule has 1 aromatic heterocycles. The van der Waals surface area contributed by atoms with E-state index in [1.807, 2.05) is 50.4 Å². The largest absolute Gasteiger partial charge is 0.494 e. The smallest absolute Gasteiger partial charge is 0.145 e. The second-order valence-corrected chi connectivity index (χ2v) is 4.72. The Morgan fingerprint density at radius 3 is 2.45 bits per heavy atom. The van der Waals surface area contributed by atoms with Crippen LogP contribution in [0.25, 0.3) is 0 Å². The third kappa shape index (κ3) is 4.24. The summed E-state index contributed by atoms with van der Waals surface area (Å²) < 4.78 is 11.2. The number of nitrogens with two attached hydrogens (primary N) is 1. The van der Waals surface area contributed by atoms with Crippen LogP contribution in [-0.4, -0.2) is 17.6 Å². The van der Waals surface area contributed by atoms with Gasteiger partial charge in [0.15, 0.2) is 0 Å². The zero-order chi connectivity index (χ0) is 14.4. The molecule has 1 unspecified atom stereocenters. The first-order valence-corrected chi connectivity index (χ1v) is 6.77. The first-order chi connectivity index (χ1) is 9.67. The van der Waals surface area contributed by atoms with Crippen LogP contribution in [0.4, 0.5) is 0 Å². The Morgan fingerprint density at radius 2 is 1.80 bits per heavy atom. The minimum absolute atomic E-state index is 0.109. The number of hydrogen-bond acceptors (Lipinski definition) is 4. The summed E-state index contributed by atoms with van der Waals surface area (Å²) in [6, 6.07) is 9.60. The molecule has 0 fully saturated rings. The molecule has 0 spiro atoms. The fourth-order valence-electron chi connectivity index (χ4n) is 1.91. The van der Waals surface area contributed by atoms with Gasteiger partial charge in [-0.3, -0.25) is 4.98 Å². The van der Waals surface area contributed by atoms with Gasteiger partial charge in [0.05, 0.1) is 12.8 Å². The van der Waals surface area contributed by atoms with E-state index in [2.05, 4.69) is 4.98 Å². The van der Waals surface area contributed by atoms with Crippen LogP contribution in [-0.2, 0) is 6.42 Å². The van der Waals surface area contributed by atoms with Gasteiger partial charge in [-0.1, -0.05) is 0 Å². The van der Waals surface area contributed by atoms with E-state index in [1.54, 1.807) is 6.20 Å². The fraction of sp³-hybridized carbons (Fsp3) is 0.312. The van der Waals surface area contributed by atoms with Crippen molar-refractivity contribution in [1.82, 2.24) is 4.98 Å². The van der Waals surface area contributed by atoms with Crippen LogP contribution < -0.4 is 15.2 Å². The van der Waals surface area contributed by atoms with Gasteiger partial charge in [-0.2, -0.15) is 0 Å². The van der Waals surface area contributed by atoms with Crippen LogP contribution >= 0.6 is 0 Å². The van der Waals surface area contributed by atoms with Gasteiger partial charge in [-0.05, 0) is 56.2 Å². The highest BCUT2D eigenvalue weighted by molar-refractivity contribution is 5.35. The first kappa shape index (κ1) is 14.3. The summed E-state index contributed by atoms with van der Waals surface area (Å²) in [6.07, 6.45) is 4.29. The molecule has 2 N–H and O–H groups in total. The standard InChI is InChI=1S/C16H20N2O2/c1-3-19-14-4-6-15(7-5-14)20-16-9-13(8-12(2)17)10-18-11-16/h4-7,9-12H,3,8,17H2,1-2H3. The van der Waals surface area contributed by atoms with Gasteiger partial charge < -0.3 is 15.2 Å². The maximum atomic E-state index is 5.79. The Hall–Kier alpha value is -2.07. The molecule has 106 valence electrons. The number of nitrogens with zero attached hydrogens (tertiary/aromatic N) is 1. The van der Waals surface area contributed by atoms with E-state index in [9.17, 15) is 0 Å². The lowest BCUT2D eigenvalue weighted by atomic mass is 10.1. The number of hydrogen-bond donors (Lipinski definition) is 1. The van der Waals surface area contributed by atoms with Gasteiger partial charge in [-0.15, -0.1) is 0 Å². The molecule has 1 aromatic carbocycles. The van der Waals surface area contributed by atoms with Crippen LogP contribution in [0.5, 0.6) is 17.2 Å². The molecule has 0 radical (unpaired) electrons. The Morgan fingerprint density at radius 1 is 1.10 bits per heavy atom. The van der Waals surface area contributed by atoms with Crippen LogP contribution in [0.2, 0.25) is 0 Å². The maximum absolute atomic E-state index is 5.79. The average molecular weight is 272 g/mol. The number of benzene rings is 1. The highest BCUT2D eigenvalue weighted by Crippen LogP contribution is 2.24. The third-order valence-corrected chi connectivity index (χ3v) is 2.70. The van der Waals surface area contributed by atoms with Crippen molar-refractivity contribution in [3.63, 3.8) is 0 Å².